The number of hydrogen-bond donors (Lipinski definition) is 0. The molecule has 0 aromatic heterocycles. The van der Waals surface area contributed by atoms with Crippen LogP contribution in [0.4, 0.5) is 0 Å². The summed E-state index contributed by atoms with van der Waals surface area (Å²) in [5.41, 5.74) is 0. The van der Waals surface area contributed by atoms with Gasteiger partial charge in [-0.3, -0.25) is 0 Å². The summed E-state index contributed by atoms with van der Waals surface area (Å²) < 4.78 is 0. The van der Waals surface area contributed by atoms with Crippen LogP contribution in [0.15, 0.2) is 0 Å². The molecule has 0 aliphatic rings. The van der Waals surface area contributed by atoms with Gasteiger partial charge in [-0.2, -0.15) is 0 Å². The van der Waals surface area contributed by atoms with Crippen molar-refractivity contribution < 1.29 is 124 Å². The van der Waals surface area contributed by atoms with Gasteiger partial charge in [0.05, 0.1) is 0 Å². The molecule has 0 aliphatic carbocycles. The predicted molar refractivity (Wildman–Crippen MR) is 76.9 cm³/mol. The van der Waals surface area contributed by atoms with Crippen LogP contribution in [0.3, 0.4) is 0 Å². The Balaban J connectivity index is 0. The molecule has 0 rings (SSSR count). The van der Waals surface area contributed by atoms with Gasteiger partial charge in [-0.1, -0.05) is 0 Å². The van der Waals surface area contributed by atoms with Crippen molar-refractivity contribution in [1.82, 2.24) is 0 Å². The third-order valence-corrected chi connectivity index (χ3v) is 0. The summed E-state index contributed by atoms with van der Waals surface area (Å²) in [6.45, 7) is 0. The Morgan fingerprint density at radius 3 is 0.214 bits per heavy atom. The fourth-order valence-electron chi connectivity index (χ4n) is 0. The van der Waals surface area contributed by atoms with Gasteiger partial charge in [-0.05, 0) is 0 Å². The summed E-state index contributed by atoms with van der Waals surface area (Å²) in [4.78, 5) is 0. The average molecular weight is 461 g/mol. The molecule has 0 radical (unpaired) electrons. The predicted octanol–water partition coefficient (Wildman–Crippen LogP) is -7.32. The SMILES string of the molecule is Cl.Cl.Cl.Cl.Cl.Cl.Cl.Cl.Cl.Cl.[H-].[H-].[H-].[H-].[Na+].[Na+].[Na+].[Na+]. The van der Waals surface area contributed by atoms with E-state index in [2.05, 4.69) is 0 Å². The summed E-state index contributed by atoms with van der Waals surface area (Å²) >= 11 is 0. The molecule has 0 N–H and O–H groups in total. The van der Waals surface area contributed by atoms with Crippen LogP contribution in [0.2, 0.25) is 0 Å². The van der Waals surface area contributed by atoms with Crippen molar-refractivity contribution in [2.45, 2.75) is 0 Å². The van der Waals surface area contributed by atoms with Crippen molar-refractivity contribution in [3.05, 3.63) is 0 Å². The number of rotatable bonds is 0. The van der Waals surface area contributed by atoms with E-state index in [-0.39, 0.29) is 248 Å². The van der Waals surface area contributed by atoms with Gasteiger partial charge in [-0.15, -0.1) is 124 Å². The topological polar surface area (TPSA) is 0 Å². The second kappa shape index (κ2) is 149. The molecule has 0 nitrogen and oxygen atoms in total. The summed E-state index contributed by atoms with van der Waals surface area (Å²) in [6, 6.07) is 0. The van der Waals surface area contributed by atoms with Crippen LogP contribution >= 0.6 is 124 Å². The van der Waals surface area contributed by atoms with E-state index in [1.54, 1.807) is 0 Å². The first-order valence-corrected chi connectivity index (χ1v) is 0. The van der Waals surface area contributed by atoms with Gasteiger partial charge in [0.25, 0.3) is 0 Å². The first-order valence-electron chi connectivity index (χ1n) is 0. The van der Waals surface area contributed by atoms with Gasteiger partial charge in [0.1, 0.15) is 0 Å². The van der Waals surface area contributed by atoms with Crippen molar-refractivity contribution in [3.8, 4) is 0 Å². The molecule has 14 heteroatoms. The zero-order chi connectivity index (χ0) is 0. The van der Waals surface area contributed by atoms with Crippen LogP contribution in [0.1, 0.15) is 5.71 Å². The Kier molecular flexibility index (Phi) is 1850. The van der Waals surface area contributed by atoms with E-state index in [0.717, 1.165) is 0 Å². The van der Waals surface area contributed by atoms with E-state index in [1.165, 1.54) is 0 Å². The first kappa shape index (κ1) is 174. The summed E-state index contributed by atoms with van der Waals surface area (Å²) in [7, 11) is 0. The monoisotopic (exact) mass is 456 g/mol. The van der Waals surface area contributed by atoms with Gasteiger partial charge in [0, 0.05) is 0 Å². The molecule has 0 aliphatic heterocycles. The van der Waals surface area contributed by atoms with Crippen LogP contribution in [0.25, 0.3) is 0 Å². The Morgan fingerprint density at radius 1 is 0.214 bits per heavy atom. The second-order valence-corrected chi connectivity index (χ2v) is 0. The molecule has 88 valence electrons. The molecule has 0 spiro atoms. The van der Waals surface area contributed by atoms with Crippen molar-refractivity contribution in [1.29, 1.82) is 0 Å². The van der Waals surface area contributed by atoms with Gasteiger partial charge >= 0.3 is 118 Å². The molecule has 0 aromatic carbocycles. The van der Waals surface area contributed by atoms with Crippen molar-refractivity contribution in [2.24, 2.45) is 0 Å². The molecular formula is H14Cl10Na4. The molecule has 0 bridgehead atoms. The fourth-order valence-corrected chi connectivity index (χ4v) is 0. The molecule has 0 aromatic rings. The molecule has 0 atom stereocenters. The minimum absolute atomic E-state index is 0. The van der Waals surface area contributed by atoms with Gasteiger partial charge < -0.3 is 5.71 Å². The Morgan fingerprint density at radius 2 is 0.214 bits per heavy atom. The zero-order valence-electron chi connectivity index (χ0n) is 12.1. The molecule has 0 heterocycles. The maximum atomic E-state index is 0. The Hall–Kier alpha value is 6.90. The van der Waals surface area contributed by atoms with Gasteiger partial charge in [0.15, 0.2) is 0 Å². The van der Waals surface area contributed by atoms with Crippen LogP contribution in [-0.2, 0) is 0 Å². The van der Waals surface area contributed by atoms with E-state index in [0.29, 0.717) is 0 Å². The maximum Gasteiger partial charge on any atom is 1.00 e. The molecule has 0 saturated carbocycles. The van der Waals surface area contributed by atoms with E-state index < -0.39 is 0 Å². The molecular weight excluding hydrogens is 446 g/mol. The number of halogens is 10. The summed E-state index contributed by atoms with van der Waals surface area (Å²) in [6.07, 6.45) is 0. The average Bonchev–Trinajstić information content (AvgIpc) is 0. The third-order valence-electron chi connectivity index (χ3n) is 0. The van der Waals surface area contributed by atoms with Crippen LogP contribution in [0.5, 0.6) is 0 Å². The fraction of sp³-hybridized carbons (Fsp3) is 0. The van der Waals surface area contributed by atoms with Gasteiger partial charge in [-0.25, -0.2) is 0 Å². The molecule has 0 saturated heterocycles. The summed E-state index contributed by atoms with van der Waals surface area (Å²) in [5, 5.41) is 0. The smallest absolute Gasteiger partial charge is 1.00 e. The van der Waals surface area contributed by atoms with E-state index >= 15 is 0 Å². The Bertz CT molecular complexity index is 25.8. The molecule has 0 unspecified atom stereocenters. The Labute approximate surface area is 242 Å². The van der Waals surface area contributed by atoms with Crippen molar-refractivity contribution in [3.63, 3.8) is 0 Å². The maximum absolute atomic E-state index is 0. The quantitative estimate of drug-likeness (QED) is 0.315. The van der Waals surface area contributed by atoms with Crippen molar-refractivity contribution >= 4 is 124 Å². The van der Waals surface area contributed by atoms with E-state index in [4.69, 9.17) is 0 Å². The van der Waals surface area contributed by atoms with Crippen LogP contribution in [0, 0.1) is 0 Å². The van der Waals surface area contributed by atoms with E-state index in [1.807, 2.05) is 0 Å². The van der Waals surface area contributed by atoms with Gasteiger partial charge in [0.2, 0.25) is 0 Å². The van der Waals surface area contributed by atoms with Crippen LogP contribution in [-0.4, -0.2) is 0 Å². The summed E-state index contributed by atoms with van der Waals surface area (Å²) in [5.74, 6) is 0. The van der Waals surface area contributed by atoms with Crippen molar-refractivity contribution in [2.75, 3.05) is 0 Å². The standard InChI is InChI=1S/10ClH.4Na.4H/h10*1H;;;;;;;;/q;;;;;;;;;;4*+1;4*-1. The second-order valence-electron chi connectivity index (χ2n) is 0. The molecule has 14 heavy (non-hydrogen) atoms. The minimum Gasteiger partial charge on any atom is -1.00 e. The normalized spacial score (nSPS) is 0. The largest absolute Gasteiger partial charge is 1.00 e. The van der Waals surface area contributed by atoms with Crippen LogP contribution < -0.4 is 118 Å². The van der Waals surface area contributed by atoms with E-state index in [9.17, 15) is 0 Å². The molecule has 0 fully saturated rings. The number of hydrogen-bond acceptors (Lipinski definition) is 0. The first-order chi connectivity index (χ1) is 0. The molecule has 0 amide bonds. The minimum atomic E-state index is 0. The third kappa shape index (κ3) is 127. The zero-order valence-corrected chi connectivity index (χ0v) is 24.2.